The van der Waals surface area contributed by atoms with E-state index in [1.807, 2.05) is 7.05 Å². The van der Waals surface area contributed by atoms with Gasteiger partial charge in [0.1, 0.15) is 0 Å². The summed E-state index contributed by atoms with van der Waals surface area (Å²) in [7, 11) is 2.00. The van der Waals surface area contributed by atoms with E-state index in [9.17, 15) is 0 Å². The van der Waals surface area contributed by atoms with Gasteiger partial charge in [-0.3, -0.25) is 0 Å². The highest BCUT2D eigenvalue weighted by atomic mass is 79.9. The van der Waals surface area contributed by atoms with E-state index in [1.165, 1.54) is 21.2 Å². The summed E-state index contributed by atoms with van der Waals surface area (Å²) in [4.78, 5) is 1.32. The van der Waals surface area contributed by atoms with Crippen LogP contribution in [-0.4, -0.2) is 7.05 Å². The lowest BCUT2D eigenvalue weighted by atomic mass is 10.0. The molecular formula is C16H13Br2NS. The SMILES string of the molecule is CNC(c1ccc2cc(Br)ccc2c1)c1ccc(Br)s1. The van der Waals surface area contributed by atoms with Gasteiger partial charge < -0.3 is 5.32 Å². The molecule has 0 amide bonds. The van der Waals surface area contributed by atoms with Crippen molar-refractivity contribution in [1.29, 1.82) is 0 Å². The molecule has 0 saturated heterocycles. The minimum atomic E-state index is 0.236. The van der Waals surface area contributed by atoms with Crippen LogP contribution in [0.5, 0.6) is 0 Å². The van der Waals surface area contributed by atoms with Crippen LogP contribution in [0.1, 0.15) is 16.5 Å². The molecule has 1 heterocycles. The van der Waals surface area contributed by atoms with Crippen LogP contribution < -0.4 is 5.32 Å². The maximum atomic E-state index is 3.54. The van der Waals surface area contributed by atoms with E-state index in [4.69, 9.17) is 0 Å². The van der Waals surface area contributed by atoms with Crippen molar-refractivity contribution in [3.63, 3.8) is 0 Å². The van der Waals surface area contributed by atoms with E-state index in [1.54, 1.807) is 11.3 Å². The molecule has 1 aromatic heterocycles. The molecule has 1 N–H and O–H groups in total. The summed E-state index contributed by atoms with van der Waals surface area (Å²) in [5.74, 6) is 0. The first-order valence-electron chi connectivity index (χ1n) is 6.29. The molecule has 0 aliphatic heterocycles. The minimum absolute atomic E-state index is 0.236. The highest BCUT2D eigenvalue weighted by Gasteiger charge is 2.14. The average molecular weight is 411 g/mol. The number of hydrogen-bond donors (Lipinski definition) is 1. The molecule has 2 aromatic carbocycles. The van der Waals surface area contributed by atoms with E-state index < -0.39 is 0 Å². The van der Waals surface area contributed by atoms with E-state index in [-0.39, 0.29) is 6.04 Å². The number of hydrogen-bond acceptors (Lipinski definition) is 2. The van der Waals surface area contributed by atoms with Crippen molar-refractivity contribution in [2.75, 3.05) is 7.05 Å². The zero-order chi connectivity index (χ0) is 14.1. The zero-order valence-electron chi connectivity index (χ0n) is 10.9. The molecule has 1 atom stereocenters. The van der Waals surface area contributed by atoms with Crippen LogP contribution >= 0.6 is 43.2 Å². The molecule has 0 fully saturated rings. The Kier molecular flexibility index (Phi) is 4.26. The third kappa shape index (κ3) is 2.84. The lowest BCUT2D eigenvalue weighted by Gasteiger charge is -2.16. The largest absolute Gasteiger partial charge is 0.309 e. The number of fused-ring (bicyclic) bond motifs is 1. The zero-order valence-corrected chi connectivity index (χ0v) is 14.8. The van der Waals surface area contributed by atoms with Gasteiger partial charge in [0.25, 0.3) is 0 Å². The molecule has 0 aliphatic carbocycles. The Labute approximate surface area is 139 Å². The molecule has 1 nitrogen and oxygen atoms in total. The Balaban J connectivity index is 2.05. The summed E-state index contributed by atoms with van der Waals surface area (Å²) in [5, 5.41) is 5.92. The van der Waals surface area contributed by atoms with E-state index in [2.05, 4.69) is 85.7 Å². The smallest absolute Gasteiger partial charge is 0.0702 e. The Hall–Kier alpha value is -0.680. The first-order valence-corrected chi connectivity index (χ1v) is 8.69. The van der Waals surface area contributed by atoms with E-state index in [0.29, 0.717) is 0 Å². The van der Waals surface area contributed by atoms with Crippen molar-refractivity contribution in [2.45, 2.75) is 6.04 Å². The summed E-state index contributed by atoms with van der Waals surface area (Å²) in [6.07, 6.45) is 0. The summed E-state index contributed by atoms with van der Waals surface area (Å²) in [6.45, 7) is 0. The molecule has 1 unspecified atom stereocenters. The maximum absolute atomic E-state index is 3.54. The van der Waals surface area contributed by atoms with E-state index >= 15 is 0 Å². The van der Waals surface area contributed by atoms with Crippen molar-refractivity contribution in [1.82, 2.24) is 5.32 Å². The van der Waals surface area contributed by atoms with Gasteiger partial charge in [-0.1, -0.05) is 34.1 Å². The van der Waals surface area contributed by atoms with Crippen LogP contribution in [0, 0.1) is 0 Å². The van der Waals surface area contributed by atoms with Gasteiger partial charge in [-0.2, -0.15) is 0 Å². The molecule has 0 saturated carbocycles. The third-order valence-electron chi connectivity index (χ3n) is 3.33. The van der Waals surface area contributed by atoms with Crippen molar-refractivity contribution in [3.05, 3.63) is 67.2 Å². The Morgan fingerprint density at radius 1 is 0.950 bits per heavy atom. The van der Waals surface area contributed by atoms with E-state index in [0.717, 1.165) is 8.26 Å². The van der Waals surface area contributed by atoms with Gasteiger partial charge >= 0.3 is 0 Å². The second-order valence-corrected chi connectivity index (χ2v) is 8.02. The number of halogens is 2. The fourth-order valence-electron chi connectivity index (χ4n) is 2.37. The van der Waals surface area contributed by atoms with Gasteiger partial charge in [-0.15, -0.1) is 11.3 Å². The monoisotopic (exact) mass is 409 g/mol. The average Bonchev–Trinajstić information content (AvgIpc) is 2.86. The molecular weight excluding hydrogens is 398 g/mol. The minimum Gasteiger partial charge on any atom is -0.309 e. The predicted octanol–water partition coefficient (Wildman–Crippen LogP) is 5.74. The fraction of sp³-hybridized carbons (Fsp3) is 0.125. The highest BCUT2D eigenvalue weighted by molar-refractivity contribution is 9.11. The molecule has 0 spiro atoms. The van der Waals surface area contributed by atoms with Gasteiger partial charge in [0.2, 0.25) is 0 Å². The van der Waals surface area contributed by atoms with Gasteiger partial charge in [0.15, 0.2) is 0 Å². The molecule has 4 heteroatoms. The molecule has 0 aliphatic rings. The standard InChI is InChI=1S/C16H13Br2NS/c1-19-16(14-6-7-15(18)20-14)12-3-2-11-9-13(17)5-4-10(11)8-12/h2-9,16,19H,1H3. The van der Waals surface area contributed by atoms with Crippen LogP contribution in [0.3, 0.4) is 0 Å². The summed E-state index contributed by atoms with van der Waals surface area (Å²) in [5.41, 5.74) is 1.29. The van der Waals surface area contributed by atoms with Crippen LogP contribution in [-0.2, 0) is 0 Å². The number of thiophene rings is 1. The number of benzene rings is 2. The number of rotatable bonds is 3. The lowest BCUT2D eigenvalue weighted by molar-refractivity contribution is 0.705. The second kappa shape index (κ2) is 5.98. The molecule has 0 bridgehead atoms. The Morgan fingerprint density at radius 2 is 1.70 bits per heavy atom. The van der Waals surface area contributed by atoms with Crippen LogP contribution in [0.15, 0.2) is 56.8 Å². The van der Waals surface area contributed by atoms with Gasteiger partial charge in [0, 0.05) is 9.35 Å². The Morgan fingerprint density at radius 3 is 2.40 bits per heavy atom. The molecule has 20 heavy (non-hydrogen) atoms. The first-order chi connectivity index (χ1) is 9.67. The molecule has 102 valence electrons. The van der Waals surface area contributed by atoms with Gasteiger partial charge in [0.05, 0.1) is 9.83 Å². The molecule has 3 aromatic rings. The number of nitrogens with one attached hydrogen (secondary N) is 1. The quantitative estimate of drug-likeness (QED) is 0.580. The third-order valence-corrected chi connectivity index (χ3v) is 5.51. The van der Waals surface area contributed by atoms with Crippen molar-refractivity contribution < 1.29 is 0 Å². The van der Waals surface area contributed by atoms with Gasteiger partial charge in [-0.05, 0) is 69.6 Å². The van der Waals surface area contributed by atoms with Crippen LogP contribution in [0.2, 0.25) is 0 Å². The van der Waals surface area contributed by atoms with Crippen LogP contribution in [0.4, 0.5) is 0 Å². The summed E-state index contributed by atoms with van der Waals surface area (Å²) in [6, 6.07) is 17.5. The maximum Gasteiger partial charge on any atom is 0.0702 e. The van der Waals surface area contributed by atoms with Crippen molar-refractivity contribution >= 4 is 54.0 Å². The Bertz CT molecular complexity index is 751. The normalized spacial score (nSPS) is 12.8. The summed E-state index contributed by atoms with van der Waals surface area (Å²) < 4.78 is 2.28. The van der Waals surface area contributed by atoms with Crippen molar-refractivity contribution in [3.8, 4) is 0 Å². The molecule has 0 radical (unpaired) electrons. The second-order valence-electron chi connectivity index (χ2n) is 4.61. The first kappa shape index (κ1) is 14.3. The summed E-state index contributed by atoms with van der Waals surface area (Å²) >= 11 is 8.82. The lowest BCUT2D eigenvalue weighted by Crippen LogP contribution is -2.16. The van der Waals surface area contributed by atoms with Crippen LogP contribution in [0.25, 0.3) is 10.8 Å². The molecule has 3 rings (SSSR count). The highest BCUT2D eigenvalue weighted by Crippen LogP contribution is 2.32. The topological polar surface area (TPSA) is 12.0 Å². The predicted molar refractivity (Wildman–Crippen MR) is 94.6 cm³/mol. The van der Waals surface area contributed by atoms with Gasteiger partial charge in [-0.25, -0.2) is 0 Å². The fourth-order valence-corrected chi connectivity index (χ4v) is 4.31. The van der Waals surface area contributed by atoms with Crippen molar-refractivity contribution in [2.24, 2.45) is 0 Å².